The summed E-state index contributed by atoms with van der Waals surface area (Å²) < 4.78 is 26.7. The Morgan fingerprint density at radius 1 is 1.21 bits per heavy atom. The SMILES string of the molecule is CC(C)CCC(=O)NCC(=O)Nc1ccc(S(=O)(=O)N2CCCC2CO)cc1. The summed E-state index contributed by atoms with van der Waals surface area (Å²) in [4.78, 5) is 23.7. The molecule has 1 fully saturated rings. The Hall–Kier alpha value is -1.97. The molecule has 0 saturated carbocycles. The lowest BCUT2D eigenvalue weighted by Gasteiger charge is -2.22. The summed E-state index contributed by atoms with van der Waals surface area (Å²) in [5.41, 5.74) is 0.445. The fraction of sp³-hybridized carbons (Fsp3) is 0.579. The van der Waals surface area contributed by atoms with Gasteiger partial charge in [0.2, 0.25) is 21.8 Å². The van der Waals surface area contributed by atoms with Gasteiger partial charge in [-0.15, -0.1) is 0 Å². The van der Waals surface area contributed by atoms with Crippen LogP contribution in [-0.4, -0.2) is 55.4 Å². The van der Waals surface area contributed by atoms with Crippen molar-refractivity contribution in [2.45, 2.75) is 50.5 Å². The van der Waals surface area contributed by atoms with Gasteiger partial charge in [0.25, 0.3) is 0 Å². The third-order valence-electron chi connectivity index (χ3n) is 4.67. The van der Waals surface area contributed by atoms with Crippen molar-refractivity contribution in [1.29, 1.82) is 0 Å². The first-order valence-corrected chi connectivity index (χ1v) is 11.0. The molecule has 156 valence electrons. The van der Waals surface area contributed by atoms with Gasteiger partial charge in [0.05, 0.1) is 18.0 Å². The average molecular weight is 412 g/mol. The van der Waals surface area contributed by atoms with Crippen LogP contribution in [0.25, 0.3) is 0 Å². The van der Waals surface area contributed by atoms with E-state index in [9.17, 15) is 23.1 Å². The van der Waals surface area contributed by atoms with Crippen LogP contribution in [0.5, 0.6) is 0 Å². The molecule has 0 spiro atoms. The first kappa shape index (κ1) is 22.3. The molecular weight excluding hydrogens is 382 g/mol. The molecule has 1 unspecified atom stereocenters. The number of benzene rings is 1. The Kier molecular flexibility index (Phi) is 7.97. The minimum absolute atomic E-state index is 0.118. The fourth-order valence-corrected chi connectivity index (χ4v) is 4.73. The number of aliphatic hydroxyl groups is 1. The number of nitrogens with zero attached hydrogens (tertiary/aromatic N) is 1. The Labute approximate surface area is 166 Å². The second kappa shape index (κ2) is 9.99. The topological polar surface area (TPSA) is 116 Å². The molecule has 1 aromatic carbocycles. The number of sulfonamides is 1. The quantitative estimate of drug-likeness (QED) is 0.567. The van der Waals surface area contributed by atoms with Gasteiger partial charge in [0.15, 0.2) is 0 Å². The van der Waals surface area contributed by atoms with E-state index in [4.69, 9.17) is 0 Å². The van der Waals surface area contributed by atoms with E-state index in [1.54, 1.807) is 0 Å². The number of carbonyl (C=O) groups excluding carboxylic acids is 2. The van der Waals surface area contributed by atoms with E-state index in [1.807, 2.05) is 13.8 Å². The van der Waals surface area contributed by atoms with E-state index in [0.29, 0.717) is 31.0 Å². The molecule has 1 aromatic rings. The lowest BCUT2D eigenvalue weighted by Crippen LogP contribution is -2.37. The highest BCUT2D eigenvalue weighted by molar-refractivity contribution is 7.89. The van der Waals surface area contributed by atoms with E-state index in [0.717, 1.165) is 12.8 Å². The Morgan fingerprint density at radius 2 is 1.89 bits per heavy atom. The van der Waals surface area contributed by atoms with Crippen LogP contribution in [0.3, 0.4) is 0 Å². The molecule has 28 heavy (non-hydrogen) atoms. The largest absolute Gasteiger partial charge is 0.395 e. The second-order valence-corrected chi connectivity index (χ2v) is 9.27. The molecule has 2 rings (SSSR count). The summed E-state index contributed by atoms with van der Waals surface area (Å²) in [5.74, 6) is -0.134. The van der Waals surface area contributed by atoms with Crippen molar-refractivity contribution < 1.29 is 23.1 Å². The number of amides is 2. The molecule has 8 nitrogen and oxygen atoms in total. The second-order valence-electron chi connectivity index (χ2n) is 7.38. The van der Waals surface area contributed by atoms with Gasteiger partial charge in [-0.1, -0.05) is 13.8 Å². The molecule has 1 aliphatic heterocycles. The maximum atomic E-state index is 12.7. The average Bonchev–Trinajstić information content (AvgIpc) is 3.15. The van der Waals surface area contributed by atoms with Crippen LogP contribution < -0.4 is 10.6 Å². The first-order valence-electron chi connectivity index (χ1n) is 9.53. The van der Waals surface area contributed by atoms with Gasteiger partial charge >= 0.3 is 0 Å². The van der Waals surface area contributed by atoms with Gasteiger partial charge in [-0.25, -0.2) is 8.42 Å². The monoisotopic (exact) mass is 411 g/mol. The van der Waals surface area contributed by atoms with Gasteiger partial charge in [-0.2, -0.15) is 4.31 Å². The number of rotatable bonds is 9. The van der Waals surface area contributed by atoms with Crippen molar-refractivity contribution >= 4 is 27.5 Å². The molecule has 1 saturated heterocycles. The molecule has 2 amide bonds. The van der Waals surface area contributed by atoms with E-state index in [1.165, 1.54) is 28.6 Å². The normalized spacial score (nSPS) is 17.6. The van der Waals surface area contributed by atoms with Crippen molar-refractivity contribution in [3.8, 4) is 0 Å². The third kappa shape index (κ3) is 6.02. The van der Waals surface area contributed by atoms with Gasteiger partial charge in [0, 0.05) is 24.7 Å². The predicted octanol–water partition coefficient (Wildman–Crippen LogP) is 1.32. The van der Waals surface area contributed by atoms with Crippen molar-refractivity contribution in [2.24, 2.45) is 5.92 Å². The summed E-state index contributed by atoms with van der Waals surface area (Å²) in [5, 5.41) is 14.5. The zero-order valence-electron chi connectivity index (χ0n) is 16.3. The van der Waals surface area contributed by atoms with Gasteiger partial charge in [-0.3, -0.25) is 9.59 Å². The van der Waals surface area contributed by atoms with Crippen molar-refractivity contribution in [3.63, 3.8) is 0 Å². The van der Waals surface area contributed by atoms with Crippen LogP contribution in [0.2, 0.25) is 0 Å². The molecule has 1 heterocycles. The van der Waals surface area contributed by atoms with E-state index in [-0.39, 0.29) is 35.9 Å². The predicted molar refractivity (Wildman–Crippen MR) is 106 cm³/mol. The molecule has 0 aliphatic carbocycles. The van der Waals surface area contributed by atoms with Gasteiger partial charge in [-0.05, 0) is 49.4 Å². The maximum absolute atomic E-state index is 12.7. The van der Waals surface area contributed by atoms with Crippen LogP contribution in [0.4, 0.5) is 5.69 Å². The zero-order chi connectivity index (χ0) is 20.7. The van der Waals surface area contributed by atoms with Gasteiger partial charge < -0.3 is 15.7 Å². The lowest BCUT2D eigenvalue weighted by molar-refractivity contribution is -0.124. The fourth-order valence-electron chi connectivity index (χ4n) is 3.05. The standard InChI is InChI=1S/C19H29N3O5S/c1-14(2)5-10-18(24)20-12-19(25)21-15-6-8-17(9-7-15)28(26,27)22-11-3-4-16(22)13-23/h6-9,14,16,23H,3-5,10-13H2,1-2H3,(H,20,24)(H,21,25). The number of hydrogen-bond acceptors (Lipinski definition) is 5. The summed E-state index contributed by atoms with van der Waals surface area (Å²) in [7, 11) is -3.68. The Balaban J connectivity index is 1.90. The summed E-state index contributed by atoms with van der Waals surface area (Å²) >= 11 is 0. The summed E-state index contributed by atoms with van der Waals surface area (Å²) in [6.45, 7) is 4.11. The maximum Gasteiger partial charge on any atom is 0.243 e. The van der Waals surface area contributed by atoms with Crippen LogP contribution in [-0.2, 0) is 19.6 Å². The van der Waals surface area contributed by atoms with Crippen molar-refractivity contribution in [3.05, 3.63) is 24.3 Å². The number of hydrogen-bond donors (Lipinski definition) is 3. The van der Waals surface area contributed by atoms with Crippen LogP contribution in [0.1, 0.15) is 39.5 Å². The van der Waals surface area contributed by atoms with Crippen LogP contribution >= 0.6 is 0 Å². The number of anilines is 1. The number of carbonyl (C=O) groups is 2. The molecule has 1 atom stereocenters. The molecule has 0 radical (unpaired) electrons. The van der Waals surface area contributed by atoms with E-state index >= 15 is 0 Å². The number of nitrogens with one attached hydrogen (secondary N) is 2. The molecule has 1 aliphatic rings. The summed E-state index contributed by atoms with van der Waals surface area (Å²) in [6, 6.07) is 5.49. The molecule has 0 aromatic heterocycles. The van der Waals surface area contributed by atoms with E-state index in [2.05, 4.69) is 10.6 Å². The molecule has 9 heteroatoms. The van der Waals surface area contributed by atoms with Crippen LogP contribution in [0.15, 0.2) is 29.2 Å². The van der Waals surface area contributed by atoms with Gasteiger partial charge in [0.1, 0.15) is 0 Å². The minimum Gasteiger partial charge on any atom is -0.395 e. The van der Waals surface area contributed by atoms with Crippen LogP contribution in [0, 0.1) is 5.92 Å². The highest BCUT2D eigenvalue weighted by atomic mass is 32.2. The Morgan fingerprint density at radius 3 is 2.50 bits per heavy atom. The highest BCUT2D eigenvalue weighted by Crippen LogP contribution is 2.26. The smallest absolute Gasteiger partial charge is 0.243 e. The zero-order valence-corrected chi connectivity index (χ0v) is 17.2. The summed E-state index contributed by atoms with van der Waals surface area (Å²) in [6.07, 6.45) is 2.51. The molecule has 0 bridgehead atoms. The van der Waals surface area contributed by atoms with E-state index < -0.39 is 10.0 Å². The lowest BCUT2D eigenvalue weighted by atomic mass is 10.1. The highest BCUT2D eigenvalue weighted by Gasteiger charge is 2.34. The molecule has 3 N–H and O–H groups in total. The van der Waals surface area contributed by atoms with Crippen molar-refractivity contribution in [1.82, 2.24) is 9.62 Å². The third-order valence-corrected chi connectivity index (χ3v) is 6.64. The minimum atomic E-state index is -3.68. The van der Waals surface area contributed by atoms with Crippen molar-refractivity contribution in [2.75, 3.05) is 25.0 Å². The molecular formula is C19H29N3O5S. The Bertz CT molecular complexity index is 777. The first-order chi connectivity index (χ1) is 13.2. The number of aliphatic hydroxyl groups excluding tert-OH is 1.